The minimum Gasteiger partial charge on any atom is -0.391 e. The highest BCUT2D eigenvalue weighted by molar-refractivity contribution is 8.76. The summed E-state index contributed by atoms with van der Waals surface area (Å²) < 4.78 is 0. The second kappa shape index (κ2) is 34.4. The summed E-state index contributed by atoms with van der Waals surface area (Å²) in [5, 5.41) is 29.6. The molecule has 3 heterocycles. The summed E-state index contributed by atoms with van der Waals surface area (Å²) in [6.07, 6.45) is 2.38. The Hall–Kier alpha value is -9.01. The van der Waals surface area contributed by atoms with Crippen LogP contribution in [0.4, 0.5) is 0 Å². The van der Waals surface area contributed by atoms with Crippen LogP contribution in [0.2, 0.25) is 0 Å². The van der Waals surface area contributed by atoms with Gasteiger partial charge in [-0.25, -0.2) is 0 Å². The predicted octanol–water partition coefficient (Wildman–Crippen LogP) is 2.45. The Kier molecular flexibility index (Phi) is 25.8. The molecule has 7 aromatic rings. The summed E-state index contributed by atoms with van der Waals surface area (Å²) in [4.78, 5) is 140. The van der Waals surface area contributed by atoms with E-state index in [9.17, 15) is 33.9 Å². The van der Waals surface area contributed by atoms with E-state index in [2.05, 4.69) is 41.9 Å². The van der Waals surface area contributed by atoms with Gasteiger partial charge in [0, 0.05) is 84.5 Å². The number of carbonyl (C=O) groups excluding carboxylic acids is 9. The van der Waals surface area contributed by atoms with Crippen LogP contribution in [0.25, 0.3) is 21.8 Å². The van der Waals surface area contributed by atoms with E-state index in [0.29, 0.717) is 35.1 Å². The van der Waals surface area contributed by atoms with Crippen molar-refractivity contribution >= 4 is 96.6 Å². The van der Waals surface area contributed by atoms with Crippen molar-refractivity contribution in [2.75, 3.05) is 44.2 Å². The number of aromatic nitrogens is 2. The molecular formula is C67H81N13O10S2. The standard InChI is InChI=1S/C67H81N13O10S2/c1-42(81)60-65(88)77-57(35-45-21-9-4-10-22-45)67(90)79(40-58(70)82)29-31-91-92-32-30-80(66(89)50(69)33-43-17-5-2-6-18-43)41-59(83)73-54(34-44-19-7-3-8-20-44)62(85)75-56(37-47-39-72-52-26-14-12-24-49(47)52)64(87)76-55(36-46-38-71-51-25-13-11-23-48(46)51)63(86)74-53(61(84)78-60)27-15-16-28-68/h2-14,17-26,38-39,42,50,53-57,60,71-72,81H,15-16,27-37,40-41,68-69H2,1H3,(H2,70,82)(H,73,83)(H,74,86)(H,75,85)(H,76,87)(H,77,88)(H,78,84)/t42-,50+,53-,54+,55-,56-,57-,60+/m1/s1. The van der Waals surface area contributed by atoms with Crippen LogP contribution in [0, 0.1) is 0 Å². The van der Waals surface area contributed by atoms with Crippen molar-refractivity contribution in [1.82, 2.24) is 51.7 Å². The number of unbranched alkanes of at least 4 members (excludes halogenated alkanes) is 1. The first kappa shape index (κ1) is 68.9. The number of aliphatic hydroxyl groups excluding tert-OH is 1. The molecule has 0 saturated carbocycles. The van der Waals surface area contributed by atoms with Gasteiger partial charge < -0.3 is 74.0 Å². The summed E-state index contributed by atoms with van der Waals surface area (Å²) in [5.74, 6) is -6.52. The number of benzene rings is 5. The van der Waals surface area contributed by atoms with E-state index < -0.39 is 115 Å². The van der Waals surface area contributed by atoms with Gasteiger partial charge in [0.05, 0.1) is 25.2 Å². The van der Waals surface area contributed by atoms with Crippen molar-refractivity contribution in [1.29, 1.82) is 0 Å². The SMILES string of the molecule is C[C@@H](O)[C@@H]1NC(=O)[C@@H](CCCCN)NC(=O)[C@@H](Cc2c[nH]c3ccccc23)NC(=O)[C@@H](Cc2c[nH]c3ccccc23)NC(=O)[C@H](Cc2ccccc2)NC(=O)CN(C(=O)[C@@H](N)Cc2ccccc2)CCSSCCN(CC(N)=O)C(=O)[C@@H](Cc2ccccc2)NC1=O. The zero-order valence-electron chi connectivity index (χ0n) is 51.2. The maximum atomic E-state index is 15.4. The molecule has 8 atom stereocenters. The molecule has 15 N–H and O–H groups in total. The van der Waals surface area contributed by atoms with Crippen LogP contribution >= 0.6 is 21.6 Å². The van der Waals surface area contributed by atoms with E-state index in [1.165, 1.54) is 38.3 Å². The fraction of sp³-hybridized carbons (Fsp3) is 0.358. The lowest BCUT2D eigenvalue weighted by Crippen LogP contribution is -2.62. The maximum Gasteiger partial charge on any atom is 0.245 e. The monoisotopic (exact) mass is 1290 g/mol. The summed E-state index contributed by atoms with van der Waals surface area (Å²) in [7, 11) is 2.63. The molecule has 25 heteroatoms. The number of rotatable bonds is 18. The average molecular weight is 1290 g/mol. The molecule has 23 nitrogen and oxygen atoms in total. The van der Waals surface area contributed by atoms with E-state index in [0.717, 1.165) is 27.4 Å². The van der Waals surface area contributed by atoms with Gasteiger partial charge in [-0.05, 0) is 79.1 Å². The van der Waals surface area contributed by atoms with Gasteiger partial charge in [-0.2, -0.15) is 0 Å². The van der Waals surface area contributed by atoms with Gasteiger partial charge in [-0.15, -0.1) is 0 Å². The Morgan fingerprint density at radius 3 is 1.53 bits per heavy atom. The fourth-order valence-corrected chi connectivity index (χ4v) is 13.0. The molecule has 8 rings (SSSR count). The number of nitrogens with one attached hydrogen (secondary N) is 8. The van der Waals surface area contributed by atoms with Crippen LogP contribution in [-0.2, 0) is 75.3 Å². The summed E-state index contributed by atoms with van der Waals surface area (Å²) >= 11 is 0. The van der Waals surface area contributed by atoms with Crippen molar-refractivity contribution in [3.8, 4) is 0 Å². The zero-order chi connectivity index (χ0) is 65.5. The predicted molar refractivity (Wildman–Crippen MR) is 356 cm³/mol. The Balaban J connectivity index is 1.18. The van der Waals surface area contributed by atoms with Crippen molar-refractivity contribution < 1.29 is 48.3 Å². The van der Waals surface area contributed by atoms with Crippen LogP contribution < -0.4 is 49.1 Å². The molecule has 1 aliphatic rings. The maximum absolute atomic E-state index is 15.4. The number of aliphatic hydroxyl groups is 1. The van der Waals surface area contributed by atoms with Crippen LogP contribution in [0.1, 0.15) is 54.0 Å². The number of carbonyl (C=O) groups is 9. The minimum absolute atomic E-state index is 0.00661. The van der Waals surface area contributed by atoms with Gasteiger partial charge in [-0.3, -0.25) is 43.2 Å². The summed E-state index contributed by atoms with van der Waals surface area (Å²) in [5.41, 5.74) is 23.1. The number of fused-ring (bicyclic) bond motifs is 2. The first-order chi connectivity index (χ1) is 44.4. The molecule has 0 spiro atoms. The van der Waals surface area contributed by atoms with E-state index in [1.807, 2.05) is 78.9 Å². The van der Waals surface area contributed by atoms with Gasteiger partial charge in [-0.1, -0.05) is 149 Å². The fourth-order valence-electron chi connectivity index (χ4n) is 11.0. The third-order valence-corrected chi connectivity index (χ3v) is 18.2. The Labute approximate surface area is 541 Å². The van der Waals surface area contributed by atoms with Crippen molar-refractivity contribution in [3.63, 3.8) is 0 Å². The molecule has 5 aromatic carbocycles. The quantitative estimate of drug-likeness (QED) is 0.0434. The van der Waals surface area contributed by atoms with Crippen LogP contribution in [0.15, 0.2) is 152 Å². The van der Waals surface area contributed by atoms with E-state index in [-0.39, 0.29) is 69.7 Å². The number of primary amides is 1. The molecule has 0 aliphatic carbocycles. The average Bonchev–Trinajstić information content (AvgIpc) is 1.66. The van der Waals surface area contributed by atoms with E-state index in [4.69, 9.17) is 17.2 Å². The van der Waals surface area contributed by atoms with Crippen LogP contribution in [0.5, 0.6) is 0 Å². The largest absolute Gasteiger partial charge is 0.391 e. The van der Waals surface area contributed by atoms with Gasteiger partial charge in [0.2, 0.25) is 53.2 Å². The number of hydrogen-bond acceptors (Lipinski definition) is 14. The third kappa shape index (κ3) is 20.0. The highest BCUT2D eigenvalue weighted by Gasteiger charge is 2.37. The Morgan fingerprint density at radius 1 is 0.554 bits per heavy atom. The molecule has 1 saturated heterocycles. The topological polar surface area (TPSA) is 362 Å². The lowest BCUT2D eigenvalue weighted by molar-refractivity contribution is -0.140. The molecule has 486 valence electrons. The highest BCUT2D eigenvalue weighted by atomic mass is 33.1. The lowest BCUT2D eigenvalue weighted by atomic mass is 10.00. The first-order valence-corrected chi connectivity index (χ1v) is 33.2. The van der Waals surface area contributed by atoms with Gasteiger partial charge >= 0.3 is 0 Å². The Morgan fingerprint density at radius 2 is 1.01 bits per heavy atom. The molecule has 1 fully saturated rings. The number of para-hydroxylation sites is 2. The normalized spacial score (nSPS) is 20.8. The first-order valence-electron chi connectivity index (χ1n) is 30.7. The number of nitrogens with two attached hydrogens (primary N) is 3. The zero-order valence-corrected chi connectivity index (χ0v) is 52.9. The number of hydrogen-bond donors (Lipinski definition) is 12. The number of H-pyrrole nitrogens is 2. The van der Waals surface area contributed by atoms with Crippen LogP contribution in [0.3, 0.4) is 0 Å². The summed E-state index contributed by atoms with van der Waals surface area (Å²) in [6, 6.07) is 31.9. The van der Waals surface area contributed by atoms with Crippen LogP contribution in [-0.4, -0.2) is 171 Å². The molecule has 2 aromatic heterocycles. The number of amides is 9. The third-order valence-electron chi connectivity index (χ3n) is 15.8. The van der Waals surface area contributed by atoms with E-state index >= 15 is 14.4 Å². The highest BCUT2D eigenvalue weighted by Crippen LogP contribution is 2.24. The van der Waals surface area contributed by atoms with Crippen molar-refractivity contribution in [2.24, 2.45) is 17.2 Å². The number of aromatic amines is 2. The molecular weight excluding hydrogens is 1210 g/mol. The second-order valence-electron chi connectivity index (χ2n) is 22.8. The van der Waals surface area contributed by atoms with Gasteiger partial charge in [0.25, 0.3) is 0 Å². The van der Waals surface area contributed by atoms with E-state index in [1.54, 1.807) is 73.1 Å². The molecule has 9 amide bonds. The van der Waals surface area contributed by atoms with Crippen molar-refractivity contribution in [3.05, 3.63) is 180 Å². The van der Waals surface area contributed by atoms with Gasteiger partial charge in [0.15, 0.2) is 0 Å². The summed E-state index contributed by atoms with van der Waals surface area (Å²) in [6.45, 7) is 0.435. The molecule has 92 heavy (non-hydrogen) atoms. The molecule has 0 bridgehead atoms. The van der Waals surface area contributed by atoms with Crippen molar-refractivity contribution in [2.45, 2.75) is 107 Å². The lowest BCUT2D eigenvalue weighted by Gasteiger charge is -2.30. The van der Waals surface area contributed by atoms with Gasteiger partial charge in [0.1, 0.15) is 36.3 Å². The molecule has 1 aliphatic heterocycles. The Bertz CT molecular complexity index is 3630. The minimum atomic E-state index is -1.70. The molecule has 0 unspecified atom stereocenters. The second-order valence-corrected chi connectivity index (χ2v) is 25.5. The number of nitrogens with zero attached hydrogens (tertiary/aromatic N) is 2. The molecule has 0 radical (unpaired) electrons. The smallest absolute Gasteiger partial charge is 0.245 e.